The molecule has 0 aliphatic carbocycles. The molecule has 0 aliphatic heterocycles. The highest BCUT2D eigenvalue weighted by molar-refractivity contribution is 6.30. The van der Waals surface area contributed by atoms with Crippen molar-refractivity contribution in [2.24, 2.45) is 0 Å². The second-order valence-corrected chi connectivity index (χ2v) is 5.77. The highest BCUT2D eigenvalue weighted by Gasteiger charge is 2.11. The molecular formula is C18H14ClN5. The molecule has 0 saturated heterocycles. The molecule has 6 heteroatoms. The first-order valence-electron chi connectivity index (χ1n) is 7.54. The van der Waals surface area contributed by atoms with Crippen molar-refractivity contribution in [2.45, 2.75) is 6.54 Å². The van der Waals surface area contributed by atoms with Crippen molar-refractivity contribution >= 4 is 28.5 Å². The van der Waals surface area contributed by atoms with E-state index in [2.05, 4.69) is 32.5 Å². The summed E-state index contributed by atoms with van der Waals surface area (Å²) in [4.78, 5) is 8.71. The molecule has 2 heterocycles. The van der Waals surface area contributed by atoms with Crippen molar-refractivity contribution in [2.75, 3.05) is 5.32 Å². The summed E-state index contributed by atoms with van der Waals surface area (Å²) in [6, 6.07) is 17.7. The number of hydrogen-bond acceptors (Lipinski definition) is 4. The summed E-state index contributed by atoms with van der Waals surface area (Å²) in [5.74, 6) is 0.761. The van der Waals surface area contributed by atoms with Crippen LogP contribution in [0.25, 0.3) is 16.7 Å². The van der Waals surface area contributed by atoms with Crippen LogP contribution in [0.2, 0.25) is 5.02 Å². The largest absolute Gasteiger partial charge is 0.365 e. The minimum absolute atomic E-state index is 0.660. The maximum absolute atomic E-state index is 6.08. The zero-order chi connectivity index (χ0) is 16.4. The zero-order valence-corrected chi connectivity index (χ0v) is 13.5. The van der Waals surface area contributed by atoms with Gasteiger partial charge in [-0.2, -0.15) is 5.10 Å². The van der Waals surface area contributed by atoms with E-state index >= 15 is 0 Å². The van der Waals surface area contributed by atoms with Crippen molar-refractivity contribution in [1.82, 2.24) is 19.7 Å². The van der Waals surface area contributed by atoms with E-state index in [1.54, 1.807) is 17.2 Å². The summed E-state index contributed by atoms with van der Waals surface area (Å²) >= 11 is 6.08. The quantitative estimate of drug-likeness (QED) is 0.610. The first kappa shape index (κ1) is 14.7. The molecular weight excluding hydrogens is 322 g/mol. The van der Waals surface area contributed by atoms with Gasteiger partial charge in [0.25, 0.3) is 0 Å². The van der Waals surface area contributed by atoms with Crippen LogP contribution in [-0.2, 0) is 6.54 Å². The number of aromatic nitrogens is 4. The minimum Gasteiger partial charge on any atom is -0.365 e. The molecule has 0 unspecified atom stereocenters. The standard InChI is InChI=1S/C18H14ClN5/c19-14-7-4-8-15(9-14)24-18-16(11-23-24)17(21-12-22-18)20-10-13-5-2-1-3-6-13/h1-9,11-12H,10H2,(H,20,21,22). The fourth-order valence-corrected chi connectivity index (χ4v) is 2.75. The number of anilines is 1. The fraction of sp³-hybridized carbons (Fsp3) is 0.0556. The third-order valence-electron chi connectivity index (χ3n) is 3.72. The monoisotopic (exact) mass is 335 g/mol. The molecule has 0 saturated carbocycles. The Hall–Kier alpha value is -2.92. The van der Waals surface area contributed by atoms with E-state index in [1.165, 1.54) is 5.56 Å². The lowest BCUT2D eigenvalue weighted by Gasteiger charge is -2.07. The van der Waals surface area contributed by atoms with E-state index in [1.807, 2.05) is 42.5 Å². The molecule has 0 atom stereocenters. The maximum atomic E-state index is 6.08. The highest BCUT2D eigenvalue weighted by Crippen LogP contribution is 2.23. The Morgan fingerprint density at radius 1 is 1.00 bits per heavy atom. The van der Waals surface area contributed by atoms with Crippen molar-refractivity contribution in [3.05, 3.63) is 77.7 Å². The first-order chi connectivity index (χ1) is 11.8. The highest BCUT2D eigenvalue weighted by atomic mass is 35.5. The Balaban J connectivity index is 1.69. The lowest BCUT2D eigenvalue weighted by Crippen LogP contribution is -2.03. The topological polar surface area (TPSA) is 55.6 Å². The maximum Gasteiger partial charge on any atom is 0.168 e. The van der Waals surface area contributed by atoms with Crippen LogP contribution in [0.15, 0.2) is 67.1 Å². The van der Waals surface area contributed by atoms with Gasteiger partial charge in [-0.1, -0.05) is 48.0 Å². The Morgan fingerprint density at radius 3 is 2.71 bits per heavy atom. The van der Waals surface area contributed by atoms with Crippen LogP contribution in [0, 0.1) is 0 Å². The third kappa shape index (κ3) is 2.81. The van der Waals surface area contributed by atoms with Crippen molar-refractivity contribution in [3.8, 4) is 5.69 Å². The predicted octanol–water partition coefficient (Wildman–Crippen LogP) is 4.08. The Morgan fingerprint density at radius 2 is 1.88 bits per heavy atom. The number of halogens is 1. The number of nitrogens with zero attached hydrogens (tertiary/aromatic N) is 4. The zero-order valence-electron chi connectivity index (χ0n) is 12.7. The number of nitrogens with one attached hydrogen (secondary N) is 1. The molecule has 0 aliphatic rings. The number of benzene rings is 2. The molecule has 0 radical (unpaired) electrons. The molecule has 2 aromatic carbocycles. The predicted molar refractivity (Wildman–Crippen MR) is 95.4 cm³/mol. The first-order valence-corrected chi connectivity index (χ1v) is 7.91. The average molecular weight is 336 g/mol. The summed E-state index contributed by atoms with van der Waals surface area (Å²) < 4.78 is 1.76. The van der Waals surface area contributed by atoms with E-state index in [0.717, 1.165) is 22.5 Å². The van der Waals surface area contributed by atoms with Crippen LogP contribution in [-0.4, -0.2) is 19.7 Å². The van der Waals surface area contributed by atoms with Crippen LogP contribution < -0.4 is 5.32 Å². The van der Waals surface area contributed by atoms with Gasteiger partial charge < -0.3 is 5.32 Å². The minimum atomic E-state index is 0.660. The van der Waals surface area contributed by atoms with Crippen molar-refractivity contribution in [1.29, 1.82) is 0 Å². The van der Waals surface area contributed by atoms with E-state index in [-0.39, 0.29) is 0 Å². The molecule has 4 aromatic rings. The lowest BCUT2D eigenvalue weighted by molar-refractivity contribution is 0.895. The van der Waals surface area contributed by atoms with E-state index < -0.39 is 0 Å². The average Bonchev–Trinajstić information content (AvgIpc) is 3.05. The van der Waals surface area contributed by atoms with Crippen LogP contribution in [0.1, 0.15) is 5.56 Å². The second-order valence-electron chi connectivity index (χ2n) is 5.33. The summed E-state index contributed by atoms with van der Waals surface area (Å²) in [6.07, 6.45) is 3.31. The van der Waals surface area contributed by atoms with Gasteiger partial charge in [-0.15, -0.1) is 0 Å². The Labute approximate surface area is 143 Å². The van der Waals surface area contributed by atoms with Crippen LogP contribution in [0.5, 0.6) is 0 Å². The molecule has 5 nitrogen and oxygen atoms in total. The van der Waals surface area contributed by atoms with Gasteiger partial charge in [0.15, 0.2) is 5.65 Å². The molecule has 0 spiro atoms. The normalized spacial score (nSPS) is 10.9. The van der Waals surface area contributed by atoms with Crippen LogP contribution in [0.4, 0.5) is 5.82 Å². The number of rotatable bonds is 4. The van der Waals surface area contributed by atoms with Gasteiger partial charge in [0.05, 0.1) is 17.3 Å². The third-order valence-corrected chi connectivity index (χ3v) is 3.96. The molecule has 1 N–H and O–H groups in total. The van der Waals surface area contributed by atoms with E-state index in [0.29, 0.717) is 11.6 Å². The van der Waals surface area contributed by atoms with Gasteiger partial charge in [-0.3, -0.25) is 0 Å². The number of hydrogen-bond donors (Lipinski definition) is 1. The van der Waals surface area contributed by atoms with Gasteiger partial charge in [-0.05, 0) is 23.8 Å². The van der Waals surface area contributed by atoms with E-state index in [9.17, 15) is 0 Å². The fourth-order valence-electron chi connectivity index (χ4n) is 2.56. The molecule has 2 aromatic heterocycles. The smallest absolute Gasteiger partial charge is 0.168 e. The summed E-state index contributed by atoms with van der Waals surface area (Å²) in [7, 11) is 0. The second kappa shape index (κ2) is 6.29. The Bertz CT molecular complexity index is 981. The van der Waals surface area contributed by atoms with Gasteiger partial charge in [0, 0.05) is 11.6 Å². The van der Waals surface area contributed by atoms with Crippen molar-refractivity contribution in [3.63, 3.8) is 0 Å². The van der Waals surface area contributed by atoms with E-state index in [4.69, 9.17) is 11.6 Å². The lowest BCUT2D eigenvalue weighted by atomic mass is 10.2. The molecule has 0 bridgehead atoms. The summed E-state index contributed by atoms with van der Waals surface area (Å²) in [6.45, 7) is 0.690. The van der Waals surface area contributed by atoms with Gasteiger partial charge in [0.1, 0.15) is 12.1 Å². The molecule has 4 rings (SSSR count). The SMILES string of the molecule is Clc1cccc(-n2ncc3c(NCc4ccccc4)ncnc32)c1. The Kier molecular flexibility index (Phi) is 3.84. The molecule has 0 fully saturated rings. The van der Waals surface area contributed by atoms with Gasteiger partial charge in [0.2, 0.25) is 0 Å². The molecule has 0 amide bonds. The van der Waals surface area contributed by atoms with Crippen LogP contribution >= 0.6 is 11.6 Å². The summed E-state index contributed by atoms with van der Waals surface area (Å²) in [5.41, 5.74) is 2.79. The molecule has 118 valence electrons. The summed E-state index contributed by atoms with van der Waals surface area (Å²) in [5, 5.41) is 9.32. The number of fused-ring (bicyclic) bond motifs is 1. The van der Waals surface area contributed by atoms with Gasteiger partial charge in [-0.25, -0.2) is 14.6 Å². The van der Waals surface area contributed by atoms with Crippen molar-refractivity contribution < 1.29 is 0 Å². The van der Waals surface area contributed by atoms with Gasteiger partial charge >= 0.3 is 0 Å². The van der Waals surface area contributed by atoms with Crippen LogP contribution in [0.3, 0.4) is 0 Å². The molecule has 24 heavy (non-hydrogen) atoms.